The van der Waals surface area contributed by atoms with Crippen LogP contribution < -0.4 is 10.5 Å². The van der Waals surface area contributed by atoms with Gasteiger partial charge in [-0.2, -0.15) is 0 Å². The van der Waals surface area contributed by atoms with E-state index in [0.717, 1.165) is 12.0 Å². The molecule has 1 heterocycles. The quantitative estimate of drug-likeness (QED) is 0.850. The molecule has 0 aliphatic carbocycles. The van der Waals surface area contributed by atoms with Crippen molar-refractivity contribution in [1.82, 2.24) is 9.88 Å². The van der Waals surface area contributed by atoms with Crippen molar-refractivity contribution in [2.24, 2.45) is 5.73 Å². The molecule has 5 nitrogen and oxygen atoms in total. The van der Waals surface area contributed by atoms with Crippen molar-refractivity contribution >= 4 is 5.91 Å². The number of ether oxygens (including phenoxy) is 1. The average molecular weight is 299 g/mol. The molecule has 0 spiro atoms. The summed E-state index contributed by atoms with van der Waals surface area (Å²) in [5, 5.41) is 0. The second-order valence-corrected chi connectivity index (χ2v) is 4.93. The molecule has 0 atom stereocenters. The van der Waals surface area contributed by atoms with Gasteiger partial charge in [0, 0.05) is 25.5 Å². The highest BCUT2D eigenvalue weighted by Crippen LogP contribution is 2.20. The number of methoxy groups -OCH3 is 1. The summed E-state index contributed by atoms with van der Waals surface area (Å²) >= 11 is 0. The van der Waals surface area contributed by atoms with E-state index >= 15 is 0 Å². The standard InChI is InChI=1S/C17H21N3O2/c1-22-16-8-3-2-7-15(16)17(21)20(11-5-9-18)13-14-6-4-10-19-12-14/h2-4,6-8,10,12H,5,9,11,13,18H2,1H3. The van der Waals surface area contributed by atoms with Crippen molar-refractivity contribution < 1.29 is 9.53 Å². The molecule has 1 aromatic heterocycles. The number of carbonyl (C=O) groups is 1. The summed E-state index contributed by atoms with van der Waals surface area (Å²) in [6.45, 7) is 1.65. The lowest BCUT2D eigenvalue weighted by Gasteiger charge is -2.23. The monoisotopic (exact) mass is 299 g/mol. The second-order valence-electron chi connectivity index (χ2n) is 4.93. The van der Waals surface area contributed by atoms with Gasteiger partial charge in [0.2, 0.25) is 0 Å². The summed E-state index contributed by atoms with van der Waals surface area (Å²) in [6, 6.07) is 11.1. The Morgan fingerprint density at radius 3 is 2.77 bits per heavy atom. The number of nitrogens with zero attached hydrogens (tertiary/aromatic N) is 2. The Labute approximate surface area is 130 Å². The Hall–Kier alpha value is -2.40. The molecule has 1 aromatic carbocycles. The van der Waals surface area contributed by atoms with Crippen LogP contribution in [0.2, 0.25) is 0 Å². The lowest BCUT2D eigenvalue weighted by Crippen LogP contribution is -2.32. The number of nitrogens with two attached hydrogens (primary N) is 1. The minimum Gasteiger partial charge on any atom is -0.496 e. The zero-order chi connectivity index (χ0) is 15.8. The number of hydrogen-bond donors (Lipinski definition) is 1. The van der Waals surface area contributed by atoms with E-state index in [0.29, 0.717) is 30.9 Å². The van der Waals surface area contributed by atoms with Gasteiger partial charge in [-0.15, -0.1) is 0 Å². The molecule has 0 saturated carbocycles. The number of benzene rings is 1. The summed E-state index contributed by atoms with van der Waals surface area (Å²) in [7, 11) is 1.57. The van der Waals surface area contributed by atoms with Gasteiger partial charge in [-0.25, -0.2) is 0 Å². The number of carbonyl (C=O) groups excluding carboxylic acids is 1. The minimum absolute atomic E-state index is 0.0604. The zero-order valence-corrected chi connectivity index (χ0v) is 12.7. The zero-order valence-electron chi connectivity index (χ0n) is 12.7. The molecule has 2 N–H and O–H groups in total. The third kappa shape index (κ3) is 4.05. The van der Waals surface area contributed by atoms with Crippen LogP contribution in [0.1, 0.15) is 22.3 Å². The van der Waals surface area contributed by atoms with Crippen molar-refractivity contribution in [2.45, 2.75) is 13.0 Å². The van der Waals surface area contributed by atoms with Crippen LogP contribution in [0.3, 0.4) is 0 Å². The fourth-order valence-corrected chi connectivity index (χ4v) is 2.24. The van der Waals surface area contributed by atoms with E-state index in [1.165, 1.54) is 0 Å². The van der Waals surface area contributed by atoms with Gasteiger partial charge in [-0.1, -0.05) is 18.2 Å². The molecular formula is C17H21N3O2. The summed E-state index contributed by atoms with van der Waals surface area (Å²) in [6.07, 6.45) is 4.24. The summed E-state index contributed by atoms with van der Waals surface area (Å²) in [4.78, 5) is 18.7. The minimum atomic E-state index is -0.0604. The summed E-state index contributed by atoms with van der Waals surface area (Å²) < 4.78 is 5.29. The van der Waals surface area contributed by atoms with Gasteiger partial charge in [0.25, 0.3) is 5.91 Å². The predicted octanol–water partition coefficient (Wildman–Crippen LogP) is 2.08. The van der Waals surface area contributed by atoms with E-state index in [2.05, 4.69) is 4.98 Å². The van der Waals surface area contributed by atoms with Gasteiger partial charge in [0.1, 0.15) is 5.75 Å². The number of rotatable bonds is 7. The average Bonchev–Trinajstić information content (AvgIpc) is 2.58. The largest absolute Gasteiger partial charge is 0.496 e. The molecular weight excluding hydrogens is 278 g/mol. The molecule has 0 saturated heterocycles. The van der Waals surface area contributed by atoms with Crippen molar-refractivity contribution in [2.75, 3.05) is 20.2 Å². The van der Waals surface area contributed by atoms with Crippen LogP contribution >= 0.6 is 0 Å². The fraction of sp³-hybridized carbons (Fsp3) is 0.294. The van der Waals surface area contributed by atoms with E-state index in [-0.39, 0.29) is 5.91 Å². The molecule has 2 aromatic rings. The Kier molecular flexibility index (Phi) is 5.91. The summed E-state index contributed by atoms with van der Waals surface area (Å²) in [5.41, 5.74) is 7.14. The fourth-order valence-electron chi connectivity index (χ4n) is 2.24. The van der Waals surface area contributed by atoms with Crippen LogP contribution in [0.25, 0.3) is 0 Å². The maximum atomic E-state index is 12.8. The second kappa shape index (κ2) is 8.14. The van der Waals surface area contributed by atoms with Crippen LogP contribution in [-0.2, 0) is 6.54 Å². The molecule has 0 aliphatic heterocycles. The third-order valence-electron chi connectivity index (χ3n) is 3.35. The molecule has 22 heavy (non-hydrogen) atoms. The first kappa shape index (κ1) is 16.0. The van der Waals surface area contributed by atoms with Crippen molar-refractivity contribution in [3.05, 3.63) is 59.9 Å². The van der Waals surface area contributed by atoms with Crippen LogP contribution in [-0.4, -0.2) is 36.0 Å². The normalized spacial score (nSPS) is 10.3. The third-order valence-corrected chi connectivity index (χ3v) is 3.35. The van der Waals surface area contributed by atoms with E-state index < -0.39 is 0 Å². The number of amides is 1. The van der Waals surface area contributed by atoms with E-state index in [4.69, 9.17) is 10.5 Å². The van der Waals surface area contributed by atoms with E-state index in [1.54, 1.807) is 36.5 Å². The van der Waals surface area contributed by atoms with Crippen molar-refractivity contribution in [3.63, 3.8) is 0 Å². The first-order valence-electron chi connectivity index (χ1n) is 7.27. The van der Waals surface area contributed by atoms with Crippen LogP contribution in [0.4, 0.5) is 0 Å². The molecule has 0 aliphatic rings. The SMILES string of the molecule is COc1ccccc1C(=O)N(CCCN)Cc1cccnc1. The topological polar surface area (TPSA) is 68.5 Å². The predicted molar refractivity (Wildman–Crippen MR) is 85.6 cm³/mol. The Balaban J connectivity index is 2.22. The van der Waals surface area contributed by atoms with Crippen molar-refractivity contribution in [1.29, 1.82) is 0 Å². The lowest BCUT2D eigenvalue weighted by atomic mass is 10.1. The molecule has 0 radical (unpaired) electrons. The maximum absolute atomic E-state index is 12.8. The van der Waals surface area contributed by atoms with Gasteiger partial charge < -0.3 is 15.4 Å². The molecule has 0 fully saturated rings. The van der Waals surface area contributed by atoms with E-state index in [1.807, 2.05) is 24.3 Å². The Morgan fingerprint density at radius 2 is 2.09 bits per heavy atom. The highest BCUT2D eigenvalue weighted by Gasteiger charge is 2.19. The van der Waals surface area contributed by atoms with Crippen LogP contribution in [0.5, 0.6) is 5.75 Å². The number of aromatic nitrogens is 1. The maximum Gasteiger partial charge on any atom is 0.257 e. The Morgan fingerprint density at radius 1 is 1.27 bits per heavy atom. The molecule has 116 valence electrons. The number of hydrogen-bond acceptors (Lipinski definition) is 4. The van der Waals surface area contributed by atoms with Gasteiger partial charge in [-0.05, 0) is 36.7 Å². The smallest absolute Gasteiger partial charge is 0.257 e. The summed E-state index contributed by atoms with van der Waals surface area (Å²) in [5.74, 6) is 0.520. The van der Waals surface area contributed by atoms with Crippen LogP contribution in [0, 0.1) is 0 Å². The van der Waals surface area contributed by atoms with Gasteiger partial charge in [0.15, 0.2) is 0 Å². The van der Waals surface area contributed by atoms with Crippen molar-refractivity contribution in [3.8, 4) is 5.75 Å². The number of pyridine rings is 1. The first-order chi connectivity index (χ1) is 10.8. The van der Waals surface area contributed by atoms with Gasteiger partial charge >= 0.3 is 0 Å². The molecule has 1 amide bonds. The van der Waals surface area contributed by atoms with Gasteiger partial charge in [-0.3, -0.25) is 9.78 Å². The van der Waals surface area contributed by atoms with Crippen LogP contribution in [0.15, 0.2) is 48.8 Å². The lowest BCUT2D eigenvalue weighted by molar-refractivity contribution is 0.0738. The molecule has 0 bridgehead atoms. The molecule has 2 rings (SSSR count). The highest BCUT2D eigenvalue weighted by molar-refractivity contribution is 5.96. The van der Waals surface area contributed by atoms with Gasteiger partial charge in [0.05, 0.1) is 12.7 Å². The van der Waals surface area contributed by atoms with E-state index in [9.17, 15) is 4.79 Å². The molecule has 5 heteroatoms. The molecule has 0 unspecified atom stereocenters. The number of para-hydroxylation sites is 1. The first-order valence-corrected chi connectivity index (χ1v) is 7.27. The Bertz CT molecular complexity index is 602. The highest BCUT2D eigenvalue weighted by atomic mass is 16.5.